The molecule has 0 fully saturated rings. The van der Waals surface area contributed by atoms with Crippen LogP contribution in [-0.2, 0) is 16.6 Å². The van der Waals surface area contributed by atoms with E-state index in [2.05, 4.69) is 15.9 Å². The first-order valence-corrected chi connectivity index (χ1v) is 12.5. The predicted molar refractivity (Wildman–Crippen MR) is 103 cm³/mol. The number of halogens is 5. The van der Waals surface area contributed by atoms with Gasteiger partial charge in [0.25, 0.3) is 0 Å². The van der Waals surface area contributed by atoms with Crippen LogP contribution in [-0.4, -0.2) is 14.5 Å². The van der Waals surface area contributed by atoms with Gasteiger partial charge in [0.2, 0.25) is 0 Å². The van der Waals surface area contributed by atoms with Crippen molar-refractivity contribution in [2.24, 2.45) is 0 Å². The minimum Gasteiger partial charge on any atom is -0.488 e. The van der Waals surface area contributed by atoms with Gasteiger partial charge >= 0.3 is 6.18 Å². The highest BCUT2D eigenvalue weighted by atomic mass is 79.9. The minimum atomic E-state index is -4.75. The van der Waals surface area contributed by atoms with Gasteiger partial charge in [-0.3, -0.25) is 0 Å². The summed E-state index contributed by atoms with van der Waals surface area (Å²) in [6.45, 7) is 5.92. The lowest BCUT2D eigenvalue weighted by molar-refractivity contribution is -0.251. The molecule has 0 aliphatic heterocycles. The molecule has 2 nitrogen and oxygen atoms in total. The van der Waals surface area contributed by atoms with Crippen LogP contribution in [0.3, 0.4) is 0 Å². The van der Waals surface area contributed by atoms with E-state index in [1.807, 2.05) is 6.07 Å². The van der Waals surface area contributed by atoms with Gasteiger partial charge in [-0.1, -0.05) is 30.3 Å². The zero-order valence-corrected chi connectivity index (χ0v) is 18.0. The van der Waals surface area contributed by atoms with Crippen LogP contribution in [0.1, 0.15) is 18.1 Å². The molecule has 0 bridgehead atoms. The second kappa shape index (κ2) is 7.93. The molecule has 1 unspecified atom stereocenters. The number of hydrogen-bond acceptors (Lipinski definition) is 2. The standard InChI is InChI=1S/C19H21BrF4O2Si/c1-18(19(22,23)24,26-27(2,3)4)14-10-16(21)15(20)11-17(14)25-12-13-8-6-5-7-9-13/h5-11H,12H2,1-4H3. The van der Waals surface area contributed by atoms with E-state index in [4.69, 9.17) is 9.16 Å². The molecule has 0 radical (unpaired) electrons. The molecule has 148 valence electrons. The molecule has 0 aromatic heterocycles. The summed E-state index contributed by atoms with van der Waals surface area (Å²) in [5.74, 6) is -0.892. The molecule has 27 heavy (non-hydrogen) atoms. The molecule has 2 aromatic carbocycles. The van der Waals surface area contributed by atoms with Crippen LogP contribution in [0.2, 0.25) is 19.6 Å². The quantitative estimate of drug-likeness (QED) is 0.345. The first kappa shape index (κ1) is 21.9. The van der Waals surface area contributed by atoms with Crippen LogP contribution in [0, 0.1) is 5.82 Å². The second-order valence-corrected chi connectivity index (χ2v) is 12.6. The van der Waals surface area contributed by atoms with E-state index >= 15 is 0 Å². The molecule has 0 amide bonds. The van der Waals surface area contributed by atoms with Crippen molar-refractivity contribution in [1.29, 1.82) is 0 Å². The van der Waals surface area contributed by atoms with E-state index < -0.39 is 25.9 Å². The van der Waals surface area contributed by atoms with Crippen LogP contribution in [0.15, 0.2) is 46.9 Å². The number of rotatable bonds is 6. The Morgan fingerprint density at radius 3 is 2.15 bits per heavy atom. The Hall–Kier alpha value is -1.38. The van der Waals surface area contributed by atoms with Crippen LogP contribution >= 0.6 is 15.9 Å². The summed E-state index contributed by atoms with van der Waals surface area (Å²) in [4.78, 5) is 0. The van der Waals surface area contributed by atoms with Crippen LogP contribution in [0.5, 0.6) is 5.75 Å². The smallest absolute Gasteiger partial charge is 0.420 e. The topological polar surface area (TPSA) is 18.5 Å². The van der Waals surface area contributed by atoms with Crippen molar-refractivity contribution in [3.8, 4) is 5.75 Å². The maximum absolute atomic E-state index is 14.2. The molecule has 0 saturated carbocycles. The molecule has 0 saturated heterocycles. The zero-order valence-electron chi connectivity index (χ0n) is 15.5. The summed E-state index contributed by atoms with van der Waals surface area (Å²) < 4.78 is 67.4. The Kier molecular flexibility index (Phi) is 6.43. The monoisotopic (exact) mass is 464 g/mol. The van der Waals surface area contributed by atoms with Gasteiger partial charge in [-0.15, -0.1) is 0 Å². The minimum absolute atomic E-state index is 0.0202. The van der Waals surface area contributed by atoms with Crippen LogP contribution in [0.4, 0.5) is 17.6 Å². The lowest BCUT2D eigenvalue weighted by Crippen LogP contribution is -2.48. The average Bonchev–Trinajstić information content (AvgIpc) is 2.54. The summed E-state index contributed by atoms with van der Waals surface area (Å²) in [5.41, 5.74) is -2.29. The third-order valence-corrected chi connectivity index (χ3v) is 5.45. The lowest BCUT2D eigenvalue weighted by Gasteiger charge is -2.38. The van der Waals surface area contributed by atoms with Crippen LogP contribution < -0.4 is 4.74 Å². The van der Waals surface area contributed by atoms with E-state index in [9.17, 15) is 17.6 Å². The number of alkyl halides is 3. The number of ether oxygens (including phenoxy) is 1. The van der Waals surface area contributed by atoms with E-state index in [0.717, 1.165) is 18.6 Å². The fraction of sp³-hybridized carbons (Fsp3) is 0.368. The molecule has 2 rings (SSSR count). The van der Waals surface area contributed by atoms with Crippen molar-refractivity contribution in [1.82, 2.24) is 0 Å². The van der Waals surface area contributed by atoms with Crippen molar-refractivity contribution in [2.75, 3.05) is 0 Å². The third-order valence-electron chi connectivity index (χ3n) is 3.82. The van der Waals surface area contributed by atoms with E-state index in [1.54, 1.807) is 43.9 Å². The van der Waals surface area contributed by atoms with Gasteiger partial charge in [-0.05, 0) is 60.2 Å². The molecule has 0 N–H and O–H groups in total. The average molecular weight is 465 g/mol. The van der Waals surface area contributed by atoms with E-state index in [0.29, 0.717) is 0 Å². The van der Waals surface area contributed by atoms with Gasteiger partial charge in [0.05, 0.1) is 4.47 Å². The first-order valence-electron chi connectivity index (χ1n) is 8.26. The van der Waals surface area contributed by atoms with Gasteiger partial charge in [0, 0.05) is 5.56 Å². The first-order chi connectivity index (χ1) is 12.3. The summed E-state index contributed by atoms with van der Waals surface area (Å²) in [7, 11) is -2.64. The fourth-order valence-electron chi connectivity index (χ4n) is 2.63. The Morgan fingerprint density at radius 2 is 1.63 bits per heavy atom. The largest absolute Gasteiger partial charge is 0.488 e. The maximum Gasteiger partial charge on any atom is 0.420 e. The summed E-state index contributed by atoms with van der Waals surface area (Å²) in [6.07, 6.45) is -4.75. The van der Waals surface area contributed by atoms with Gasteiger partial charge in [0.15, 0.2) is 13.9 Å². The Bertz CT molecular complexity index is 791. The third kappa shape index (κ3) is 5.33. The highest BCUT2D eigenvalue weighted by Crippen LogP contribution is 2.48. The molecular weight excluding hydrogens is 444 g/mol. The van der Waals surface area contributed by atoms with E-state index in [-0.39, 0.29) is 22.4 Å². The summed E-state index contributed by atoms with van der Waals surface area (Å²) in [5, 5.41) is 0. The molecule has 0 heterocycles. The highest BCUT2D eigenvalue weighted by Gasteiger charge is 2.56. The van der Waals surface area contributed by atoms with Crippen molar-refractivity contribution < 1.29 is 26.7 Å². The van der Waals surface area contributed by atoms with Gasteiger partial charge < -0.3 is 9.16 Å². The Morgan fingerprint density at radius 1 is 1.04 bits per heavy atom. The molecular formula is C19H21BrF4O2Si. The normalized spacial score (nSPS) is 14.7. The van der Waals surface area contributed by atoms with E-state index in [1.165, 1.54) is 6.07 Å². The predicted octanol–water partition coefficient (Wildman–Crippen LogP) is 6.80. The van der Waals surface area contributed by atoms with Crippen molar-refractivity contribution >= 4 is 24.2 Å². The molecule has 0 aliphatic rings. The summed E-state index contributed by atoms with van der Waals surface area (Å²) in [6, 6.07) is 11.1. The van der Waals surface area contributed by atoms with Gasteiger partial charge in [0.1, 0.15) is 18.2 Å². The second-order valence-electron chi connectivity index (χ2n) is 7.28. The van der Waals surface area contributed by atoms with Crippen molar-refractivity contribution in [2.45, 2.75) is 44.9 Å². The van der Waals surface area contributed by atoms with Crippen molar-refractivity contribution in [3.05, 3.63) is 63.9 Å². The van der Waals surface area contributed by atoms with Crippen LogP contribution in [0.25, 0.3) is 0 Å². The summed E-state index contributed by atoms with van der Waals surface area (Å²) >= 11 is 3.02. The molecule has 0 spiro atoms. The van der Waals surface area contributed by atoms with Crippen molar-refractivity contribution in [3.63, 3.8) is 0 Å². The molecule has 8 heteroatoms. The fourth-order valence-corrected chi connectivity index (χ4v) is 4.41. The SMILES string of the molecule is CC(O[Si](C)(C)C)(c1cc(F)c(Br)cc1OCc1ccccc1)C(F)(F)F. The maximum atomic E-state index is 14.2. The Labute approximate surface area is 165 Å². The molecule has 2 aromatic rings. The highest BCUT2D eigenvalue weighted by molar-refractivity contribution is 9.10. The number of benzene rings is 2. The lowest BCUT2D eigenvalue weighted by atomic mass is 9.94. The molecule has 1 atom stereocenters. The zero-order chi connectivity index (χ0) is 20.5. The van der Waals surface area contributed by atoms with Gasteiger partial charge in [-0.25, -0.2) is 4.39 Å². The van der Waals surface area contributed by atoms with Gasteiger partial charge in [-0.2, -0.15) is 13.2 Å². The Balaban J connectivity index is 2.53. The molecule has 0 aliphatic carbocycles. The number of hydrogen-bond donors (Lipinski definition) is 0.